The first-order valence-corrected chi connectivity index (χ1v) is 13.8. The molecule has 0 radical (unpaired) electrons. The number of fused-ring (bicyclic) bond motifs is 1. The van der Waals surface area contributed by atoms with Crippen LogP contribution in [0.1, 0.15) is 59.5 Å². The number of aromatic nitrogens is 2. The largest absolute Gasteiger partial charge is 0.464 e. The minimum atomic E-state index is -0.487. The van der Waals surface area contributed by atoms with Gasteiger partial charge >= 0.3 is 0 Å². The molecule has 33 heavy (non-hydrogen) atoms. The van der Waals surface area contributed by atoms with Gasteiger partial charge in [0, 0.05) is 41.5 Å². The number of alkyl halides is 1. The Hall–Kier alpha value is -1.58. The molecular weight excluding hydrogens is 459 g/mol. The lowest BCUT2D eigenvalue weighted by Gasteiger charge is -2.30. The number of ether oxygens (including phenoxy) is 1. The lowest BCUT2D eigenvalue weighted by Crippen LogP contribution is -2.38. The van der Waals surface area contributed by atoms with Crippen LogP contribution in [0.2, 0.25) is 0 Å². The third kappa shape index (κ3) is 7.20. The van der Waals surface area contributed by atoms with Crippen molar-refractivity contribution in [2.24, 2.45) is 5.92 Å². The van der Waals surface area contributed by atoms with Crippen LogP contribution in [0.5, 0.6) is 5.19 Å². The van der Waals surface area contributed by atoms with Crippen molar-refractivity contribution < 1.29 is 13.9 Å². The molecule has 1 unspecified atom stereocenters. The number of halogens is 1. The highest BCUT2D eigenvalue weighted by molar-refractivity contribution is 7.13. The first-order valence-electron chi connectivity index (χ1n) is 12.1. The number of carbonyl (C=O) groups excluding carboxylic acids is 1. The van der Waals surface area contributed by atoms with E-state index in [2.05, 4.69) is 20.2 Å². The summed E-state index contributed by atoms with van der Waals surface area (Å²) in [5, 5.41) is 4.86. The summed E-state index contributed by atoms with van der Waals surface area (Å²) in [4.78, 5) is 26.1. The second-order valence-corrected chi connectivity index (χ2v) is 11.7. The van der Waals surface area contributed by atoms with E-state index in [1.165, 1.54) is 24.1 Å². The molecule has 2 aromatic rings. The number of nitrogens with one attached hydrogen (secondary N) is 1. The molecule has 4 rings (SSSR count). The monoisotopic (exact) mass is 494 g/mol. The summed E-state index contributed by atoms with van der Waals surface area (Å²) in [6.07, 6.45) is 9.56. The van der Waals surface area contributed by atoms with Gasteiger partial charge in [-0.2, -0.15) is 0 Å². The molecule has 2 aliphatic rings. The highest BCUT2D eigenvalue weighted by Crippen LogP contribution is 2.30. The molecule has 2 aromatic heterocycles. The highest BCUT2D eigenvalue weighted by Gasteiger charge is 2.24. The van der Waals surface area contributed by atoms with E-state index in [4.69, 9.17) is 4.74 Å². The molecule has 3 heterocycles. The molecule has 6 nitrogen and oxygen atoms in total. The Morgan fingerprint density at radius 3 is 2.79 bits per heavy atom. The predicted molar refractivity (Wildman–Crippen MR) is 131 cm³/mol. The standard InChI is InChI=1S/C24H35FN4O2S2/c1-16(14-25)31-24-28-21-8-11-29(12-9-22(21)33-24)10-7-18-3-5-19(6-4-18)27-23(30)13-20-15-26-17(2)32-20/h15-16,18-19H,3-14H2,1-2H3,(H,27,30). The van der Waals surface area contributed by atoms with Crippen LogP contribution in [0, 0.1) is 12.8 Å². The average molecular weight is 495 g/mol. The molecule has 0 spiro atoms. The number of hydrogen-bond donors (Lipinski definition) is 1. The Morgan fingerprint density at radius 2 is 2.06 bits per heavy atom. The van der Waals surface area contributed by atoms with Crippen molar-refractivity contribution in [3.63, 3.8) is 0 Å². The molecule has 0 saturated heterocycles. The van der Waals surface area contributed by atoms with Gasteiger partial charge < -0.3 is 15.0 Å². The van der Waals surface area contributed by atoms with Crippen LogP contribution in [-0.4, -0.2) is 59.2 Å². The molecule has 1 amide bonds. The van der Waals surface area contributed by atoms with E-state index >= 15 is 0 Å². The number of carbonyl (C=O) groups is 1. The van der Waals surface area contributed by atoms with E-state index < -0.39 is 12.8 Å². The van der Waals surface area contributed by atoms with Crippen LogP contribution < -0.4 is 10.1 Å². The van der Waals surface area contributed by atoms with E-state index in [-0.39, 0.29) is 5.91 Å². The van der Waals surface area contributed by atoms with Crippen LogP contribution in [0.25, 0.3) is 0 Å². The maximum atomic E-state index is 12.7. The summed E-state index contributed by atoms with van der Waals surface area (Å²) >= 11 is 3.18. The molecule has 1 aliphatic carbocycles. The van der Waals surface area contributed by atoms with Gasteiger partial charge in [0.05, 0.1) is 17.1 Å². The molecule has 9 heteroatoms. The Balaban J connectivity index is 1.13. The summed E-state index contributed by atoms with van der Waals surface area (Å²) in [7, 11) is 0. The number of thiazole rings is 2. The fourth-order valence-electron chi connectivity index (χ4n) is 4.75. The first kappa shape index (κ1) is 24.5. The number of nitrogens with zero attached hydrogens (tertiary/aromatic N) is 3. The molecule has 1 fully saturated rings. The van der Waals surface area contributed by atoms with E-state index in [1.807, 2.05) is 13.1 Å². The molecule has 0 aromatic carbocycles. The van der Waals surface area contributed by atoms with Gasteiger partial charge in [-0.25, -0.2) is 14.4 Å². The predicted octanol–water partition coefficient (Wildman–Crippen LogP) is 4.35. The minimum absolute atomic E-state index is 0.125. The third-order valence-electron chi connectivity index (χ3n) is 6.67. The van der Waals surface area contributed by atoms with Gasteiger partial charge in [0.15, 0.2) is 0 Å². The summed E-state index contributed by atoms with van der Waals surface area (Å²) in [6, 6.07) is 0.319. The Labute approximate surface area is 204 Å². The van der Waals surface area contributed by atoms with Crippen LogP contribution in [0.15, 0.2) is 6.20 Å². The van der Waals surface area contributed by atoms with Gasteiger partial charge in [0.1, 0.15) is 12.8 Å². The van der Waals surface area contributed by atoms with Crippen LogP contribution in [-0.2, 0) is 24.1 Å². The Kier molecular flexibility index (Phi) is 8.71. The van der Waals surface area contributed by atoms with Gasteiger partial charge in [-0.05, 0) is 64.8 Å². The smallest absolute Gasteiger partial charge is 0.273 e. The summed E-state index contributed by atoms with van der Waals surface area (Å²) in [6.45, 7) is 6.42. The molecule has 1 aliphatic heterocycles. The number of hydrogen-bond acceptors (Lipinski definition) is 7. The van der Waals surface area contributed by atoms with E-state index in [0.29, 0.717) is 17.7 Å². The molecule has 1 atom stereocenters. The normalized spacial score (nSPS) is 22.4. The first-order chi connectivity index (χ1) is 16.0. The zero-order chi connectivity index (χ0) is 23.2. The van der Waals surface area contributed by atoms with Gasteiger partial charge in [0.2, 0.25) is 5.91 Å². The Bertz CT molecular complexity index is 885. The topological polar surface area (TPSA) is 67.4 Å². The fourth-order valence-corrected chi connectivity index (χ4v) is 6.58. The molecule has 1 saturated carbocycles. The zero-order valence-corrected chi connectivity index (χ0v) is 21.3. The van der Waals surface area contributed by atoms with Gasteiger partial charge in [-0.1, -0.05) is 11.3 Å². The SMILES string of the molecule is Cc1ncc(CC(=O)NC2CCC(CCN3CCc4nc(OC(C)CF)sc4CC3)CC2)s1. The van der Waals surface area contributed by atoms with Crippen LogP contribution in [0.4, 0.5) is 4.39 Å². The quantitative estimate of drug-likeness (QED) is 0.561. The van der Waals surface area contributed by atoms with Gasteiger partial charge in [-0.15, -0.1) is 11.3 Å². The number of aryl methyl sites for hydroxylation is 1. The van der Waals surface area contributed by atoms with E-state index in [9.17, 15) is 9.18 Å². The Morgan fingerprint density at radius 1 is 1.27 bits per heavy atom. The third-order valence-corrected chi connectivity index (χ3v) is 8.63. The van der Waals surface area contributed by atoms with Crippen LogP contribution in [0.3, 0.4) is 0 Å². The molecule has 0 bridgehead atoms. The van der Waals surface area contributed by atoms with Crippen LogP contribution >= 0.6 is 22.7 Å². The van der Waals surface area contributed by atoms with Crippen molar-refractivity contribution in [3.8, 4) is 5.19 Å². The molecule has 1 N–H and O–H groups in total. The second kappa shape index (κ2) is 11.7. The van der Waals surface area contributed by atoms with Crippen molar-refractivity contribution in [2.75, 3.05) is 26.3 Å². The summed E-state index contributed by atoms with van der Waals surface area (Å²) < 4.78 is 18.3. The summed E-state index contributed by atoms with van der Waals surface area (Å²) in [5.74, 6) is 0.875. The van der Waals surface area contributed by atoms with E-state index in [0.717, 1.165) is 66.8 Å². The number of rotatable bonds is 9. The van der Waals surface area contributed by atoms with Crippen molar-refractivity contribution in [3.05, 3.63) is 26.7 Å². The van der Waals surface area contributed by atoms with Crippen molar-refractivity contribution >= 4 is 28.6 Å². The lowest BCUT2D eigenvalue weighted by molar-refractivity contribution is -0.121. The van der Waals surface area contributed by atoms with Crippen molar-refractivity contribution in [1.82, 2.24) is 20.2 Å². The zero-order valence-electron chi connectivity index (χ0n) is 19.6. The second-order valence-electron chi connectivity index (χ2n) is 9.37. The maximum Gasteiger partial charge on any atom is 0.273 e. The fraction of sp³-hybridized carbons (Fsp3) is 0.708. The van der Waals surface area contributed by atoms with E-state index in [1.54, 1.807) is 29.6 Å². The highest BCUT2D eigenvalue weighted by atomic mass is 32.1. The molecule has 182 valence electrons. The molecular formula is C24H35FN4O2S2. The average Bonchev–Trinajstić information content (AvgIpc) is 3.33. The van der Waals surface area contributed by atoms with Crippen molar-refractivity contribution in [1.29, 1.82) is 0 Å². The minimum Gasteiger partial charge on any atom is -0.464 e. The lowest BCUT2D eigenvalue weighted by atomic mass is 9.84. The number of amides is 1. The van der Waals surface area contributed by atoms with Crippen molar-refractivity contribution in [2.45, 2.75) is 77.4 Å². The maximum absolute atomic E-state index is 12.7. The van der Waals surface area contributed by atoms with Gasteiger partial charge in [-0.3, -0.25) is 4.79 Å². The van der Waals surface area contributed by atoms with Gasteiger partial charge in [0.25, 0.3) is 5.19 Å². The summed E-state index contributed by atoms with van der Waals surface area (Å²) in [5.41, 5.74) is 1.13.